The average molecular weight is 415 g/mol. The van der Waals surface area contributed by atoms with E-state index in [1.165, 1.54) is 17.5 Å². The van der Waals surface area contributed by atoms with Gasteiger partial charge < -0.3 is 14.2 Å². The maximum absolute atomic E-state index is 12.7. The molecule has 2 fully saturated rings. The van der Waals surface area contributed by atoms with Crippen LogP contribution in [0.5, 0.6) is 11.5 Å². The van der Waals surface area contributed by atoms with Crippen molar-refractivity contribution in [3.8, 4) is 11.5 Å². The third-order valence-corrected chi connectivity index (χ3v) is 9.30. The van der Waals surface area contributed by atoms with Crippen LogP contribution in [0.2, 0.25) is 0 Å². The molecule has 146 valence electrons. The van der Waals surface area contributed by atoms with Gasteiger partial charge in [0, 0.05) is 5.92 Å². The molecule has 0 amide bonds. The van der Waals surface area contributed by atoms with E-state index in [0.29, 0.717) is 6.61 Å². The number of hydrogen-bond donors (Lipinski definition) is 0. The molecular formula is C22H22O4S2. The van der Waals surface area contributed by atoms with E-state index in [4.69, 9.17) is 14.2 Å². The average Bonchev–Trinajstić information content (AvgIpc) is 3.36. The van der Waals surface area contributed by atoms with Crippen LogP contribution in [0, 0.1) is 11.8 Å². The van der Waals surface area contributed by atoms with E-state index in [1.54, 1.807) is 0 Å². The van der Waals surface area contributed by atoms with Crippen molar-refractivity contribution in [2.45, 2.75) is 16.9 Å². The molecule has 0 spiro atoms. The van der Waals surface area contributed by atoms with Crippen LogP contribution in [0.1, 0.15) is 17.5 Å². The minimum atomic E-state index is -0.204. The molecular weight excluding hydrogens is 392 g/mol. The Morgan fingerprint density at radius 1 is 0.964 bits per heavy atom. The molecule has 3 aliphatic heterocycles. The van der Waals surface area contributed by atoms with Crippen LogP contribution in [0.25, 0.3) is 0 Å². The van der Waals surface area contributed by atoms with Crippen molar-refractivity contribution in [1.29, 1.82) is 0 Å². The number of thioether (sulfide) groups is 2. The lowest BCUT2D eigenvalue weighted by Gasteiger charge is -2.42. The molecule has 28 heavy (non-hydrogen) atoms. The second-order valence-corrected chi connectivity index (χ2v) is 10.3. The summed E-state index contributed by atoms with van der Waals surface area (Å²) in [5.41, 5.74) is 2.39. The molecule has 2 saturated heterocycles. The molecule has 0 bridgehead atoms. The third kappa shape index (κ3) is 3.16. The van der Waals surface area contributed by atoms with Crippen molar-refractivity contribution in [2.75, 3.05) is 24.9 Å². The Morgan fingerprint density at radius 2 is 1.75 bits per heavy atom. The third-order valence-electron chi connectivity index (χ3n) is 5.68. The summed E-state index contributed by atoms with van der Waals surface area (Å²) in [7, 11) is 0. The van der Waals surface area contributed by atoms with Crippen LogP contribution in [-0.4, -0.2) is 30.9 Å². The molecule has 5 rings (SSSR count). The summed E-state index contributed by atoms with van der Waals surface area (Å²) in [5, 5.41) is 0. The number of hydrogen-bond acceptors (Lipinski definition) is 6. The van der Waals surface area contributed by atoms with Crippen LogP contribution < -0.4 is 9.47 Å². The van der Waals surface area contributed by atoms with Crippen LogP contribution in [0.4, 0.5) is 0 Å². The Labute approximate surface area is 173 Å². The predicted octanol–water partition coefficient (Wildman–Crippen LogP) is 4.47. The number of cyclic esters (lactones) is 1. The van der Waals surface area contributed by atoms with Gasteiger partial charge in [-0.1, -0.05) is 36.4 Å². The molecule has 2 unspecified atom stereocenters. The first-order valence-corrected chi connectivity index (χ1v) is 11.6. The highest BCUT2D eigenvalue weighted by Crippen LogP contribution is 2.59. The standard InChI is InChI=1S/C22H22O4S2/c23-21-17(11-15-5-2-1-3-6-15)18(13-24-21)22(27-9-4-10-28-22)16-7-8-19-20(12-16)26-14-25-19/h1-3,5-8,12,17-18H,4,9-11,13-14H2. The van der Waals surface area contributed by atoms with Gasteiger partial charge in [-0.05, 0) is 47.6 Å². The van der Waals surface area contributed by atoms with E-state index in [2.05, 4.69) is 24.3 Å². The summed E-state index contributed by atoms with van der Waals surface area (Å²) in [6.07, 6.45) is 1.91. The van der Waals surface area contributed by atoms with Crippen molar-refractivity contribution in [3.63, 3.8) is 0 Å². The number of ether oxygens (including phenoxy) is 3. The van der Waals surface area contributed by atoms with Crippen molar-refractivity contribution in [1.82, 2.24) is 0 Å². The zero-order valence-corrected chi connectivity index (χ0v) is 17.1. The summed E-state index contributed by atoms with van der Waals surface area (Å²) in [4.78, 5) is 12.7. The van der Waals surface area contributed by atoms with E-state index < -0.39 is 0 Å². The smallest absolute Gasteiger partial charge is 0.309 e. The van der Waals surface area contributed by atoms with Crippen molar-refractivity contribution < 1.29 is 19.0 Å². The number of rotatable bonds is 4. The minimum absolute atomic E-state index is 0.0688. The number of carbonyl (C=O) groups is 1. The molecule has 0 aromatic heterocycles. The summed E-state index contributed by atoms with van der Waals surface area (Å²) in [6, 6.07) is 16.5. The largest absolute Gasteiger partial charge is 0.465 e. The monoisotopic (exact) mass is 414 g/mol. The number of fused-ring (bicyclic) bond motifs is 1. The van der Waals surface area contributed by atoms with Crippen LogP contribution in [-0.2, 0) is 20.0 Å². The summed E-state index contributed by atoms with van der Waals surface area (Å²) < 4.78 is 16.6. The summed E-state index contributed by atoms with van der Waals surface area (Å²) in [6.45, 7) is 0.749. The fraction of sp³-hybridized carbons (Fsp3) is 0.409. The van der Waals surface area contributed by atoms with Crippen LogP contribution in [0.3, 0.4) is 0 Å². The predicted molar refractivity (Wildman–Crippen MR) is 112 cm³/mol. The fourth-order valence-electron chi connectivity index (χ4n) is 4.28. The van der Waals surface area contributed by atoms with Gasteiger partial charge >= 0.3 is 5.97 Å². The number of carbonyl (C=O) groups excluding carboxylic acids is 1. The molecule has 6 heteroatoms. The molecule has 2 aromatic carbocycles. The van der Waals surface area contributed by atoms with Gasteiger partial charge in [0.25, 0.3) is 0 Å². The van der Waals surface area contributed by atoms with Gasteiger partial charge in [0.05, 0.1) is 16.6 Å². The molecule has 4 nitrogen and oxygen atoms in total. The molecule has 0 saturated carbocycles. The second-order valence-electron chi connectivity index (χ2n) is 7.32. The van der Waals surface area contributed by atoms with Crippen LogP contribution >= 0.6 is 23.5 Å². The number of esters is 1. The van der Waals surface area contributed by atoms with Gasteiger partial charge in [-0.15, -0.1) is 23.5 Å². The fourth-order valence-corrected chi connectivity index (χ4v) is 7.96. The summed E-state index contributed by atoms with van der Waals surface area (Å²) >= 11 is 3.91. The highest BCUT2D eigenvalue weighted by atomic mass is 32.2. The first-order chi connectivity index (χ1) is 13.8. The van der Waals surface area contributed by atoms with E-state index in [1.807, 2.05) is 47.8 Å². The SMILES string of the molecule is O=C1OCC(C2(c3ccc4c(c3)OCO4)SCCCS2)C1Cc1ccccc1. The van der Waals surface area contributed by atoms with Gasteiger partial charge in [-0.3, -0.25) is 4.79 Å². The molecule has 3 aliphatic rings. The van der Waals surface area contributed by atoms with Gasteiger partial charge in [0.2, 0.25) is 6.79 Å². The molecule has 2 atom stereocenters. The van der Waals surface area contributed by atoms with E-state index in [0.717, 1.165) is 29.4 Å². The lowest BCUT2D eigenvalue weighted by Crippen LogP contribution is -2.37. The molecule has 0 aliphatic carbocycles. The first kappa shape index (κ1) is 18.3. The Balaban J connectivity index is 1.52. The Morgan fingerprint density at radius 3 is 2.57 bits per heavy atom. The van der Waals surface area contributed by atoms with Gasteiger partial charge in [-0.2, -0.15) is 0 Å². The highest BCUT2D eigenvalue weighted by molar-refractivity contribution is 8.18. The molecule has 2 aromatic rings. The maximum atomic E-state index is 12.7. The van der Waals surface area contributed by atoms with E-state index >= 15 is 0 Å². The lowest BCUT2D eigenvalue weighted by molar-refractivity contribution is -0.141. The Hall–Kier alpha value is -1.79. The second kappa shape index (κ2) is 7.56. The quantitative estimate of drug-likeness (QED) is 0.688. The summed E-state index contributed by atoms with van der Waals surface area (Å²) in [5.74, 6) is 3.69. The number of benzene rings is 2. The van der Waals surface area contributed by atoms with Gasteiger partial charge in [0.1, 0.15) is 0 Å². The van der Waals surface area contributed by atoms with Gasteiger partial charge in [0.15, 0.2) is 11.5 Å². The normalized spacial score (nSPS) is 25.5. The van der Waals surface area contributed by atoms with Crippen molar-refractivity contribution in [2.24, 2.45) is 11.8 Å². The Kier molecular flexibility index (Phi) is 4.93. The van der Waals surface area contributed by atoms with Gasteiger partial charge in [-0.25, -0.2) is 0 Å². The lowest BCUT2D eigenvalue weighted by atomic mass is 9.84. The van der Waals surface area contributed by atoms with E-state index in [-0.39, 0.29) is 28.7 Å². The molecule has 3 heterocycles. The topological polar surface area (TPSA) is 44.8 Å². The van der Waals surface area contributed by atoms with Crippen molar-refractivity contribution in [3.05, 3.63) is 59.7 Å². The zero-order valence-electron chi connectivity index (χ0n) is 15.5. The Bertz CT molecular complexity index is 864. The van der Waals surface area contributed by atoms with E-state index in [9.17, 15) is 4.79 Å². The first-order valence-electron chi connectivity index (χ1n) is 9.65. The molecule has 0 radical (unpaired) electrons. The van der Waals surface area contributed by atoms with Crippen molar-refractivity contribution >= 4 is 29.5 Å². The minimum Gasteiger partial charge on any atom is -0.465 e. The maximum Gasteiger partial charge on any atom is 0.309 e. The zero-order chi connectivity index (χ0) is 19.0. The van der Waals surface area contributed by atoms with Crippen LogP contribution in [0.15, 0.2) is 48.5 Å². The molecule has 0 N–H and O–H groups in total. The highest BCUT2D eigenvalue weighted by Gasteiger charge is 2.53.